The molecule has 4 nitrogen and oxygen atoms in total. The molecule has 1 aromatic rings. The van der Waals surface area contributed by atoms with Gasteiger partial charge in [0.1, 0.15) is 5.82 Å². The summed E-state index contributed by atoms with van der Waals surface area (Å²) >= 11 is 3.45. The summed E-state index contributed by atoms with van der Waals surface area (Å²) in [5, 5.41) is 0.900. The molecule has 96 valence electrons. The summed E-state index contributed by atoms with van der Waals surface area (Å²) in [5.74, 6) is 1.59. The van der Waals surface area contributed by atoms with Crippen molar-refractivity contribution < 1.29 is 9.47 Å². The van der Waals surface area contributed by atoms with E-state index in [1.165, 1.54) is 0 Å². The highest BCUT2D eigenvalue weighted by molar-refractivity contribution is 9.09. The molecular weight excluding hydrogens is 284 g/mol. The number of methoxy groups -OCH3 is 1. The largest absolute Gasteiger partial charge is 0.478 e. The first kappa shape index (κ1) is 14.3. The van der Waals surface area contributed by atoms with Gasteiger partial charge in [0.05, 0.1) is 13.2 Å². The van der Waals surface area contributed by atoms with E-state index in [9.17, 15) is 0 Å². The summed E-state index contributed by atoms with van der Waals surface area (Å²) in [6, 6.07) is 5.82. The molecule has 0 aliphatic heterocycles. The number of pyridine rings is 1. The van der Waals surface area contributed by atoms with Gasteiger partial charge in [-0.05, 0) is 13.0 Å². The third-order valence-electron chi connectivity index (χ3n) is 2.24. The third kappa shape index (κ3) is 4.91. The highest BCUT2D eigenvalue weighted by Crippen LogP contribution is 2.15. The minimum atomic E-state index is 0.632. The predicted octanol–water partition coefficient (Wildman–Crippen LogP) is 2.33. The number of nitrogens with zero attached hydrogens (tertiary/aromatic N) is 2. The van der Waals surface area contributed by atoms with Gasteiger partial charge in [-0.3, -0.25) is 0 Å². The quantitative estimate of drug-likeness (QED) is 0.690. The number of rotatable bonds is 8. The van der Waals surface area contributed by atoms with Crippen molar-refractivity contribution in [3.8, 4) is 5.88 Å². The van der Waals surface area contributed by atoms with Crippen LogP contribution in [0.5, 0.6) is 5.88 Å². The maximum Gasteiger partial charge on any atom is 0.215 e. The van der Waals surface area contributed by atoms with Crippen molar-refractivity contribution in [3.63, 3.8) is 0 Å². The maximum absolute atomic E-state index is 5.40. The standard InChI is InChI=1S/C12H19BrN2O2/c1-3-17-12-6-4-5-11(14-12)15(8-7-13)9-10-16-2/h4-6H,3,7-10H2,1-2H3. The molecule has 0 saturated carbocycles. The number of anilines is 1. The topological polar surface area (TPSA) is 34.6 Å². The van der Waals surface area contributed by atoms with Crippen molar-refractivity contribution in [3.05, 3.63) is 18.2 Å². The SMILES string of the molecule is CCOc1cccc(N(CCBr)CCOC)n1. The molecule has 17 heavy (non-hydrogen) atoms. The molecule has 0 aromatic carbocycles. The zero-order valence-electron chi connectivity index (χ0n) is 10.4. The van der Waals surface area contributed by atoms with E-state index < -0.39 is 0 Å². The third-order valence-corrected chi connectivity index (χ3v) is 2.60. The van der Waals surface area contributed by atoms with Gasteiger partial charge in [0, 0.05) is 31.6 Å². The van der Waals surface area contributed by atoms with Crippen LogP contribution in [0.4, 0.5) is 5.82 Å². The van der Waals surface area contributed by atoms with Gasteiger partial charge in [-0.25, -0.2) is 0 Å². The van der Waals surface area contributed by atoms with E-state index in [0.717, 1.165) is 24.2 Å². The Bertz CT molecular complexity index is 323. The van der Waals surface area contributed by atoms with Gasteiger partial charge in [0.25, 0.3) is 0 Å². The Kier molecular flexibility index (Phi) is 6.96. The Hall–Kier alpha value is -0.810. The van der Waals surface area contributed by atoms with Crippen molar-refractivity contribution >= 4 is 21.7 Å². The van der Waals surface area contributed by atoms with Crippen LogP contribution in [0.25, 0.3) is 0 Å². The molecule has 0 spiro atoms. The molecular formula is C12H19BrN2O2. The van der Waals surface area contributed by atoms with Crippen molar-refractivity contribution in [2.75, 3.05) is 43.6 Å². The summed E-state index contributed by atoms with van der Waals surface area (Å²) in [7, 11) is 1.70. The molecule has 0 atom stereocenters. The van der Waals surface area contributed by atoms with E-state index >= 15 is 0 Å². The lowest BCUT2D eigenvalue weighted by molar-refractivity contribution is 0.205. The maximum atomic E-state index is 5.40. The Morgan fingerprint density at radius 2 is 2.18 bits per heavy atom. The highest BCUT2D eigenvalue weighted by atomic mass is 79.9. The van der Waals surface area contributed by atoms with E-state index in [1.807, 2.05) is 25.1 Å². The molecule has 0 radical (unpaired) electrons. The Balaban J connectivity index is 2.73. The fourth-order valence-electron chi connectivity index (χ4n) is 1.45. The second-order valence-corrected chi connectivity index (χ2v) is 4.23. The average molecular weight is 303 g/mol. The molecule has 0 aliphatic carbocycles. The van der Waals surface area contributed by atoms with Gasteiger partial charge in [-0.1, -0.05) is 22.0 Å². The lowest BCUT2D eigenvalue weighted by Crippen LogP contribution is -2.29. The van der Waals surface area contributed by atoms with Crippen molar-refractivity contribution in [2.24, 2.45) is 0 Å². The van der Waals surface area contributed by atoms with Crippen LogP contribution in [-0.4, -0.2) is 43.7 Å². The van der Waals surface area contributed by atoms with Crippen molar-refractivity contribution in [1.82, 2.24) is 4.98 Å². The molecule has 0 bridgehead atoms. The van der Waals surface area contributed by atoms with Crippen molar-refractivity contribution in [1.29, 1.82) is 0 Å². The summed E-state index contributed by atoms with van der Waals surface area (Å²) in [6.07, 6.45) is 0. The number of ether oxygens (including phenoxy) is 2. The predicted molar refractivity (Wildman–Crippen MR) is 73.3 cm³/mol. The monoisotopic (exact) mass is 302 g/mol. The number of aromatic nitrogens is 1. The summed E-state index contributed by atoms with van der Waals surface area (Å²) in [4.78, 5) is 6.63. The van der Waals surface area contributed by atoms with E-state index in [2.05, 4.69) is 25.8 Å². The molecule has 0 aliphatic rings. The number of halogens is 1. The first-order chi connectivity index (χ1) is 8.31. The van der Waals surface area contributed by atoms with Crippen LogP contribution in [0, 0.1) is 0 Å². The summed E-state index contributed by atoms with van der Waals surface area (Å²) in [5.41, 5.74) is 0. The minimum Gasteiger partial charge on any atom is -0.478 e. The normalized spacial score (nSPS) is 10.3. The van der Waals surface area contributed by atoms with Crippen LogP contribution < -0.4 is 9.64 Å². The molecule has 0 amide bonds. The van der Waals surface area contributed by atoms with Crippen LogP contribution >= 0.6 is 15.9 Å². The van der Waals surface area contributed by atoms with E-state index in [-0.39, 0.29) is 0 Å². The minimum absolute atomic E-state index is 0.632. The lowest BCUT2D eigenvalue weighted by atomic mass is 10.4. The molecule has 0 fully saturated rings. The fourth-order valence-corrected chi connectivity index (χ4v) is 1.88. The van der Waals surface area contributed by atoms with Gasteiger partial charge < -0.3 is 14.4 Å². The van der Waals surface area contributed by atoms with Crippen LogP contribution in [0.3, 0.4) is 0 Å². The molecule has 1 heterocycles. The zero-order chi connectivity index (χ0) is 12.5. The Morgan fingerprint density at radius 1 is 1.35 bits per heavy atom. The molecule has 5 heteroatoms. The van der Waals surface area contributed by atoms with E-state index in [0.29, 0.717) is 19.1 Å². The second-order valence-electron chi connectivity index (χ2n) is 3.44. The smallest absolute Gasteiger partial charge is 0.215 e. The van der Waals surface area contributed by atoms with Crippen LogP contribution in [0.15, 0.2) is 18.2 Å². The summed E-state index contributed by atoms with van der Waals surface area (Å²) in [6.45, 7) is 4.99. The highest BCUT2D eigenvalue weighted by Gasteiger charge is 2.07. The van der Waals surface area contributed by atoms with Gasteiger partial charge in [0.2, 0.25) is 5.88 Å². The molecule has 0 N–H and O–H groups in total. The second kappa shape index (κ2) is 8.31. The zero-order valence-corrected chi connectivity index (χ0v) is 11.9. The van der Waals surface area contributed by atoms with Gasteiger partial charge >= 0.3 is 0 Å². The van der Waals surface area contributed by atoms with Crippen LogP contribution in [-0.2, 0) is 4.74 Å². The Morgan fingerprint density at radius 3 is 2.82 bits per heavy atom. The lowest BCUT2D eigenvalue weighted by Gasteiger charge is -2.22. The molecule has 1 aromatic heterocycles. The average Bonchev–Trinajstić information content (AvgIpc) is 2.35. The number of alkyl halides is 1. The molecule has 1 rings (SSSR count). The number of hydrogen-bond donors (Lipinski definition) is 0. The Labute approximate surface area is 111 Å². The van der Waals surface area contributed by atoms with E-state index in [4.69, 9.17) is 9.47 Å². The first-order valence-electron chi connectivity index (χ1n) is 5.71. The van der Waals surface area contributed by atoms with Gasteiger partial charge in [-0.2, -0.15) is 4.98 Å². The summed E-state index contributed by atoms with van der Waals surface area (Å²) < 4.78 is 10.5. The number of hydrogen-bond acceptors (Lipinski definition) is 4. The van der Waals surface area contributed by atoms with E-state index in [1.54, 1.807) is 7.11 Å². The van der Waals surface area contributed by atoms with Gasteiger partial charge in [-0.15, -0.1) is 0 Å². The van der Waals surface area contributed by atoms with Crippen LogP contribution in [0.2, 0.25) is 0 Å². The van der Waals surface area contributed by atoms with Crippen molar-refractivity contribution in [2.45, 2.75) is 6.92 Å². The van der Waals surface area contributed by atoms with Crippen LogP contribution in [0.1, 0.15) is 6.92 Å². The fraction of sp³-hybridized carbons (Fsp3) is 0.583. The van der Waals surface area contributed by atoms with Gasteiger partial charge in [0.15, 0.2) is 0 Å². The first-order valence-corrected chi connectivity index (χ1v) is 6.83. The molecule has 0 saturated heterocycles. The molecule has 0 unspecified atom stereocenters.